The second-order valence-electron chi connectivity index (χ2n) is 10.9. The van der Waals surface area contributed by atoms with Crippen LogP contribution < -0.4 is 8.37 Å². The van der Waals surface area contributed by atoms with Gasteiger partial charge in [-0.25, -0.2) is 0 Å². The monoisotopic (exact) mass is 556 g/mol. The highest BCUT2D eigenvalue weighted by atomic mass is 32.3. The summed E-state index contributed by atoms with van der Waals surface area (Å²) in [5, 5.41) is 3.84. The van der Waals surface area contributed by atoms with Gasteiger partial charge < -0.3 is 8.37 Å². The number of hydrogen-bond acceptors (Lipinski definition) is 4. The summed E-state index contributed by atoms with van der Waals surface area (Å²) in [4.78, 5) is 0. The normalized spacial score (nSPS) is 13.6. The van der Waals surface area contributed by atoms with Crippen molar-refractivity contribution < 1.29 is 16.8 Å². The zero-order valence-electron chi connectivity index (χ0n) is 22.8. The number of benzene rings is 6. The largest absolute Gasteiger partial charge is 0.501 e. The fraction of sp³-hybridized carbons (Fsp3) is 0.111. The number of aryl methyl sites for hydroxylation is 2. The number of rotatable bonds is 4. The predicted octanol–water partition coefficient (Wildman–Crippen LogP) is 8.47. The molecule has 1 aliphatic heterocycles. The Labute approximate surface area is 240 Å². The topological polar surface area (TPSA) is 52.6 Å². The van der Waals surface area contributed by atoms with Gasteiger partial charge in [-0.15, -0.1) is 8.42 Å². The fourth-order valence-corrected chi connectivity index (χ4v) is 6.46. The van der Waals surface area contributed by atoms with Crippen LogP contribution in [0.3, 0.4) is 0 Å². The van der Waals surface area contributed by atoms with E-state index < -0.39 is 10.4 Å². The molecule has 6 aromatic rings. The van der Waals surface area contributed by atoms with Crippen LogP contribution in [-0.2, 0) is 23.2 Å². The maximum atomic E-state index is 12.8. The van der Waals surface area contributed by atoms with Gasteiger partial charge in [0.1, 0.15) is 0 Å². The molecule has 0 radical (unpaired) electrons. The van der Waals surface area contributed by atoms with Crippen LogP contribution in [0.5, 0.6) is 11.5 Å². The minimum atomic E-state index is -4.29. The van der Waals surface area contributed by atoms with Crippen molar-refractivity contribution in [2.45, 2.75) is 26.7 Å². The minimum absolute atomic E-state index is 0.263. The SMILES string of the molecule is Cc1ccc(Cc2ccc3c4c(ccc3c2)OS(=O)(=O)Oc2ccc3cc(Cc5ccc(C)cc5)ccc3c2-4)cc1. The van der Waals surface area contributed by atoms with Gasteiger partial charge in [-0.05, 0) is 82.6 Å². The smallest absolute Gasteiger partial charge is 0.352 e. The first kappa shape index (κ1) is 25.4. The van der Waals surface area contributed by atoms with Crippen LogP contribution in [0, 0.1) is 13.8 Å². The van der Waals surface area contributed by atoms with Gasteiger partial charge in [0, 0.05) is 11.1 Å². The molecule has 5 heteroatoms. The Morgan fingerprint density at radius 1 is 0.488 bits per heavy atom. The Hall–Kier alpha value is -4.61. The van der Waals surface area contributed by atoms with Crippen molar-refractivity contribution in [3.8, 4) is 22.6 Å². The lowest BCUT2D eigenvalue weighted by molar-refractivity contribution is 0.398. The molecular formula is C36H28O4S. The fourth-order valence-electron chi connectivity index (χ4n) is 5.71. The lowest BCUT2D eigenvalue weighted by atomic mass is 9.90. The lowest BCUT2D eigenvalue weighted by Gasteiger charge is -2.14. The van der Waals surface area contributed by atoms with Gasteiger partial charge in [-0.3, -0.25) is 0 Å². The molecule has 0 bridgehead atoms. The standard InChI is InChI=1S/C36H28O4S/c1-23-3-7-25(8-4-23)19-27-11-15-31-29(21-27)13-17-33-35(31)36-32-16-12-28(20-26-9-5-24(2)6-10-26)22-30(32)14-18-34(36)40-41(37,38)39-33/h3-18,21-22H,19-20H2,1-2H3. The molecule has 0 amide bonds. The Balaban J connectivity index is 1.37. The first-order chi connectivity index (χ1) is 19.8. The van der Waals surface area contributed by atoms with Crippen LogP contribution in [0.25, 0.3) is 32.7 Å². The van der Waals surface area contributed by atoms with Crippen molar-refractivity contribution in [1.82, 2.24) is 0 Å². The molecule has 6 aromatic carbocycles. The van der Waals surface area contributed by atoms with E-state index in [9.17, 15) is 8.42 Å². The second-order valence-corrected chi connectivity index (χ2v) is 12.0. The van der Waals surface area contributed by atoms with Gasteiger partial charge in [-0.2, -0.15) is 0 Å². The third-order valence-corrected chi connectivity index (χ3v) is 8.55. The summed E-state index contributed by atoms with van der Waals surface area (Å²) in [5.74, 6) is 0.525. The van der Waals surface area contributed by atoms with Crippen molar-refractivity contribution in [3.63, 3.8) is 0 Å². The maximum absolute atomic E-state index is 12.8. The maximum Gasteiger partial charge on any atom is 0.501 e. The molecule has 4 nitrogen and oxygen atoms in total. The van der Waals surface area contributed by atoms with E-state index in [0.717, 1.165) is 45.5 Å². The molecule has 0 saturated carbocycles. The molecule has 7 rings (SSSR count). The van der Waals surface area contributed by atoms with Crippen molar-refractivity contribution in [3.05, 3.63) is 143 Å². The highest BCUT2D eigenvalue weighted by Crippen LogP contribution is 2.48. The summed E-state index contributed by atoms with van der Waals surface area (Å²) in [5.41, 5.74) is 8.75. The Bertz CT molecular complexity index is 1910. The van der Waals surface area contributed by atoms with Gasteiger partial charge >= 0.3 is 10.4 Å². The van der Waals surface area contributed by atoms with Crippen molar-refractivity contribution in [2.75, 3.05) is 0 Å². The highest BCUT2D eigenvalue weighted by molar-refractivity contribution is 7.82. The van der Waals surface area contributed by atoms with Crippen LogP contribution in [-0.4, -0.2) is 8.42 Å². The number of fused-ring (bicyclic) bond motifs is 7. The van der Waals surface area contributed by atoms with E-state index in [0.29, 0.717) is 0 Å². The predicted molar refractivity (Wildman–Crippen MR) is 165 cm³/mol. The van der Waals surface area contributed by atoms with E-state index in [1.807, 2.05) is 12.1 Å². The van der Waals surface area contributed by atoms with E-state index in [4.69, 9.17) is 8.37 Å². The molecule has 0 aromatic heterocycles. The van der Waals surface area contributed by atoms with Gasteiger partial charge in [0.05, 0.1) is 0 Å². The Morgan fingerprint density at radius 2 is 0.878 bits per heavy atom. The second kappa shape index (κ2) is 9.79. The third-order valence-electron chi connectivity index (χ3n) is 7.78. The summed E-state index contributed by atoms with van der Waals surface area (Å²) < 4.78 is 36.5. The van der Waals surface area contributed by atoms with Gasteiger partial charge in [0.15, 0.2) is 11.5 Å². The first-order valence-corrected chi connectivity index (χ1v) is 15.0. The molecule has 0 saturated heterocycles. The van der Waals surface area contributed by atoms with Crippen LogP contribution in [0.2, 0.25) is 0 Å². The van der Waals surface area contributed by atoms with Crippen molar-refractivity contribution in [1.29, 1.82) is 0 Å². The molecule has 0 atom stereocenters. The molecule has 1 heterocycles. The summed E-state index contributed by atoms with van der Waals surface area (Å²) in [6.45, 7) is 4.17. The van der Waals surface area contributed by atoms with Crippen LogP contribution in [0.1, 0.15) is 33.4 Å². The van der Waals surface area contributed by atoms with E-state index in [1.54, 1.807) is 12.1 Å². The van der Waals surface area contributed by atoms with Crippen LogP contribution in [0.4, 0.5) is 0 Å². The van der Waals surface area contributed by atoms with Gasteiger partial charge in [0.2, 0.25) is 0 Å². The lowest BCUT2D eigenvalue weighted by Crippen LogP contribution is -2.15. The molecule has 0 N–H and O–H groups in total. The quantitative estimate of drug-likeness (QED) is 0.219. The average molecular weight is 557 g/mol. The van der Waals surface area contributed by atoms with Gasteiger partial charge in [0.25, 0.3) is 0 Å². The molecule has 0 fully saturated rings. The summed E-state index contributed by atoms with van der Waals surface area (Å²) in [6, 6.07) is 37.1. The zero-order chi connectivity index (χ0) is 28.1. The molecule has 202 valence electrons. The van der Waals surface area contributed by atoms with Crippen molar-refractivity contribution in [2.24, 2.45) is 0 Å². The van der Waals surface area contributed by atoms with E-state index in [2.05, 4.69) is 98.8 Å². The van der Waals surface area contributed by atoms with Crippen LogP contribution >= 0.6 is 0 Å². The van der Waals surface area contributed by atoms with Crippen molar-refractivity contribution >= 4 is 31.9 Å². The molecular weight excluding hydrogens is 528 g/mol. The van der Waals surface area contributed by atoms with Crippen LogP contribution in [0.15, 0.2) is 109 Å². The Morgan fingerprint density at radius 3 is 1.29 bits per heavy atom. The Kier molecular flexibility index (Phi) is 6.06. The van der Waals surface area contributed by atoms with Gasteiger partial charge in [-0.1, -0.05) is 108 Å². The minimum Gasteiger partial charge on any atom is -0.352 e. The summed E-state index contributed by atoms with van der Waals surface area (Å²) in [7, 11) is -4.29. The van der Waals surface area contributed by atoms with E-state index in [1.165, 1.54) is 33.4 Å². The molecule has 0 aliphatic carbocycles. The third kappa shape index (κ3) is 4.94. The molecule has 1 aliphatic rings. The van der Waals surface area contributed by atoms with E-state index in [-0.39, 0.29) is 11.5 Å². The highest BCUT2D eigenvalue weighted by Gasteiger charge is 2.29. The van der Waals surface area contributed by atoms with E-state index >= 15 is 0 Å². The molecule has 41 heavy (non-hydrogen) atoms. The average Bonchev–Trinajstić information content (AvgIpc) is 3.08. The number of hydrogen-bond donors (Lipinski definition) is 0. The molecule has 0 spiro atoms. The molecule has 0 unspecified atom stereocenters. The zero-order valence-corrected chi connectivity index (χ0v) is 23.7. The summed E-state index contributed by atoms with van der Waals surface area (Å²) >= 11 is 0. The summed E-state index contributed by atoms with van der Waals surface area (Å²) in [6.07, 6.45) is 1.62. The first-order valence-electron chi connectivity index (χ1n) is 13.7.